The molecule has 0 spiro atoms. The fraction of sp³-hybridized carbons (Fsp3) is 0.417. The lowest BCUT2D eigenvalue weighted by Gasteiger charge is -2.28. The van der Waals surface area contributed by atoms with Gasteiger partial charge >= 0.3 is 5.97 Å². The molecule has 0 heterocycles. The summed E-state index contributed by atoms with van der Waals surface area (Å²) in [5, 5.41) is 20.2. The summed E-state index contributed by atoms with van der Waals surface area (Å²) in [5.41, 5.74) is 5.90. The number of hydrogen-bond donors (Lipinski definition) is 2. The molecule has 1 aromatic carbocycles. The first kappa shape index (κ1) is 16.7. The van der Waals surface area contributed by atoms with Crippen molar-refractivity contribution in [3.05, 3.63) is 38.9 Å². The summed E-state index contributed by atoms with van der Waals surface area (Å²) in [6.07, 6.45) is 0. The summed E-state index contributed by atoms with van der Waals surface area (Å²) < 4.78 is -0.779. The molecule has 0 saturated heterocycles. The number of benzene rings is 1. The maximum atomic E-state index is 11.0. The van der Waals surface area contributed by atoms with Crippen LogP contribution in [0.2, 0.25) is 5.02 Å². The fourth-order valence-electron chi connectivity index (χ4n) is 1.51. The number of hydrogen-bond acceptors (Lipinski definition) is 5. The molecule has 0 fully saturated rings. The average molecular weight is 319 g/mol. The van der Waals surface area contributed by atoms with Gasteiger partial charge in [-0.15, -0.1) is 11.8 Å². The third-order valence-electron chi connectivity index (χ3n) is 2.89. The van der Waals surface area contributed by atoms with Crippen LogP contribution in [0.5, 0.6) is 0 Å². The number of carboxylic acid groups (broad SMARTS) is 1. The van der Waals surface area contributed by atoms with E-state index in [1.54, 1.807) is 19.9 Å². The van der Waals surface area contributed by atoms with Crippen molar-refractivity contribution in [2.45, 2.75) is 30.4 Å². The van der Waals surface area contributed by atoms with Gasteiger partial charge in [0.2, 0.25) is 0 Å². The normalized spacial score (nSPS) is 13.0. The molecule has 0 aliphatic carbocycles. The minimum Gasteiger partial charge on any atom is -0.480 e. The molecule has 1 aromatic rings. The zero-order valence-electron chi connectivity index (χ0n) is 11.0. The fourth-order valence-corrected chi connectivity index (χ4v) is 2.92. The van der Waals surface area contributed by atoms with Gasteiger partial charge in [-0.2, -0.15) is 0 Å². The van der Waals surface area contributed by atoms with Gasteiger partial charge in [0.1, 0.15) is 6.04 Å². The molecular weight excluding hydrogens is 304 g/mol. The van der Waals surface area contributed by atoms with Gasteiger partial charge in [-0.25, -0.2) is 0 Å². The quantitative estimate of drug-likeness (QED) is 0.617. The maximum absolute atomic E-state index is 11.0. The Kier molecular flexibility index (Phi) is 5.38. The van der Waals surface area contributed by atoms with Gasteiger partial charge in [-0.3, -0.25) is 14.9 Å². The van der Waals surface area contributed by atoms with Crippen molar-refractivity contribution in [2.75, 3.05) is 0 Å². The van der Waals surface area contributed by atoms with Crippen LogP contribution >= 0.6 is 23.4 Å². The molecule has 0 amide bonds. The van der Waals surface area contributed by atoms with E-state index in [-0.39, 0.29) is 16.5 Å². The average Bonchev–Trinajstić information content (AvgIpc) is 2.35. The van der Waals surface area contributed by atoms with Crippen molar-refractivity contribution in [1.29, 1.82) is 0 Å². The second-order valence-corrected chi connectivity index (χ2v) is 6.74. The lowest BCUT2D eigenvalue weighted by atomic mass is 10.1. The summed E-state index contributed by atoms with van der Waals surface area (Å²) in [6.45, 7) is 3.36. The molecule has 110 valence electrons. The van der Waals surface area contributed by atoms with Gasteiger partial charge in [-0.05, 0) is 19.9 Å². The van der Waals surface area contributed by atoms with Gasteiger partial charge in [0.15, 0.2) is 0 Å². The van der Waals surface area contributed by atoms with Crippen molar-refractivity contribution in [3.8, 4) is 0 Å². The highest BCUT2D eigenvalue weighted by molar-refractivity contribution is 7.99. The van der Waals surface area contributed by atoms with Crippen LogP contribution in [0.15, 0.2) is 18.2 Å². The van der Waals surface area contributed by atoms with E-state index in [4.69, 9.17) is 22.4 Å². The number of carboxylic acids is 1. The number of rotatable bonds is 6. The summed E-state index contributed by atoms with van der Waals surface area (Å²) in [4.78, 5) is 21.4. The van der Waals surface area contributed by atoms with Crippen LogP contribution in [0.1, 0.15) is 19.4 Å². The maximum Gasteiger partial charge on any atom is 0.321 e. The van der Waals surface area contributed by atoms with E-state index in [1.807, 2.05) is 0 Å². The lowest BCUT2D eigenvalue weighted by molar-refractivity contribution is -0.385. The molecule has 0 bridgehead atoms. The van der Waals surface area contributed by atoms with Crippen molar-refractivity contribution in [2.24, 2.45) is 5.73 Å². The topological polar surface area (TPSA) is 106 Å². The smallest absolute Gasteiger partial charge is 0.321 e. The molecule has 0 aliphatic heterocycles. The number of nitrogens with zero attached hydrogens (tertiary/aromatic N) is 1. The molecule has 0 radical (unpaired) electrons. The predicted octanol–water partition coefficient (Wildman–Crippen LogP) is 2.67. The molecule has 1 atom stereocenters. The monoisotopic (exact) mass is 318 g/mol. The number of nitro groups is 1. The molecule has 0 aliphatic rings. The molecule has 3 N–H and O–H groups in total. The lowest BCUT2D eigenvalue weighted by Crippen LogP contribution is -2.46. The van der Waals surface area contributed by atoms with Gasteiger partial charge < -0.3 is 10.8 Å². The summed E-state index contributed by atoms with van der Waals surface area (Å²) >= 11 is 7.20. The van der Waals surface area contributed by atoms with Crippen molar-refractivity contribution in [1.82, 2.24) is 0 Å². The first-order valence-corrected chi connectivity index (χ1v) is 7.07. The van der Waals surface area contributed by atoms with Gasteiger partial charge in [0.25, 0.3) is 5.69 Å². The van der Waals surface area contributed by atoms with Crippen molar-refractivity contribution >= 4 is 35.0 Å². The second kappa shape index (κ2) is 6.43. The number of halogens is 1. The largest absolute Gasteiger partial charge is 0.480 e. The van der Waals surface area contributed by atoms with Crippen LogP contribution < -0.4 is 5.73 Å². The molecule has 0 saturated carbocycles. The number of thioether (sulfide) groups is 1. The first-order chi connectivity index (χ1) is 9.16. The minimum atomic E-state index is -1.11. The Hall–Kier alpha value is -1.31. The molecule has 6 nitrogen and oxygen atoms in total. The Labute approximate surface area is 125 Å². The Bertz CT molecular complexity index is 536. The van der Waals surface area contributed by atoms with Crippen LogP contribution in [-0.4, -0.2) is 26.8 Å². The third kappa shape index (κ3) is 3.84. The molecule has 8 heteroatoms. The number of nitrogens with two attached hydrogens (primary N) is 1. The second-order valence-electron chi connectivity index (χ2n) is 4.70. The standard InChI is InChI=1S/C12H15ClN2O4S/c1-12(2,10(14)11(16)17)20-6-7-8(13)4-3-5-9(7)15(18)19/h3-5,10H,6,14H2,1-2H3,(H,16,17)/t10-/m1/s1. The van der Waals surface area contributed by atoms with E-state index >= 15 is 0 Å². The van der Waals surface area contributed by atoms with Crippen LogP contribution in [0.3, 0.4) is 0 Å². The summed E-state index contributed by atoms with van der Waals surface area (Å²) in [7, 11) is 0. The molecule has 0 aromatic heterocycles. The summed E-state index contributed by atoms with van der Waals surface area (Å²) in [5.74, 6) is -0.902. The van der Waals surface area contributed by atoms with E-state index in [0.29, 0.717) is 5.56 Å². The zero-order valence-corrected chi connectivity index (χ0v) is 12.6. The highest BCUT2D eigenvalue weighted by Crippen LogP contribution is 2.36. The number of carbonyl (C=O) groups is 1. The van der Waals surface area contributed by atoms with Crippen LogP contribution in [-0.2, 0) is 10.5 Å². The SMILES string of the molecule is CC(C)(SCc1c(Cl)cccc1[N+](=O)[O-])[C@H](N)C(=O)O. The highest BCUT2D eigenvalue weighted by Gasteiger charge is 2.33. The zero-order chi connectivity index (χ0) is 15.5. The van der Waals surface area contributed by atoms with Crippen LogP contribution in [0.4, 0.5) is 5.69 Å². The van der Waals surface area contributed by atoms with Crippen LogP contribution in [0, 0.1) is 10.1 Å². The Morgan fingerprint density at radius 1 is 1.60 bits per heavy atom. The molecule has 0 unspecified atom stereocenters. The minimum absolute atomic E-state index is 0.0790. The first-order valence-electron chi connectivity index (χ1n) is 5.71. The Morgan fingerprint density at radius 3 is 2.70 bits per heavy atom. The van der Waals surface area contributed by atoms with Crippen LogP contribution in [0.25, 0.3) is 0 Å². The Balaban J connectivity index is 2.95. The third-order valence-corrected chi connectivity index (χ3v) is 4.68. The molecular formula is C12H15ClN2O4S. The van der Waals surface area contributed by atoms with Gasteiger partial charge in [0, 0.05) is 16.6 Å². The van der Waals surface area contributed by atoms with Gasteiger partial charge in [0.05, 0.1) is 15.5 Å². The molecule has 1 rings (SSSR count). The van der Waals surface area contributed by atoms with Crippen molar-refractivity contribution in [3.63, 3.8) is 0 Å². The van der Waals surface area contributed by atoms with E-state index in [2.05, 4.69) is 0 Å². The van der Waals surface area contributed by atoms with Crippen molar-refractivity contribution < 1.29 is 14.8 Å². The number of aliphatic carboxylic acids is 1. The van der Waals surface area contributed by atoms with E-state index in [1.165, 1.54) is 23.9 Å². The molecule has 20 heavy (non-hydrogen) atoms. The predicted molar refractivity (Wildman–Crippen MR) is 79.1 cm³/mol. The van der Waals surface area contributed by atoms with Gasteiger partial charge in [-0.1, -0.05) is 17.7 Å². The number of nitro benzene ring substituents is 1. The van der Waals surface area contributed by atoms with E-state index in [0.717, 1.165) is 0 Å². The highest BCUT2D eigenvalue weighted by atomic mass is 35.5. The van der Waals surface area contributed by atoms with E-state index in [9.17, 15) is 14.9 Å². The Morgan fingerprint density at radius 2 is 2.20 bits per heavy atom. The van der Waals surface area contributed by atoms with E-state index < -0.39 is 21.7 Å². The summed E-state index contributed by atoms with van der Waals surface area (Å²) in [6, 6.07) is 3.36.